The van der Waals surface area contributed by atoms with Gasteiger partial charge in [-0.2, -0.15) is 0 Å². The van der Waals surface area contributed by atoms with Crippen LogP contribution >= 0.6 is 27.5 Å². The van der Waals surface area contributed by atoms with E-state index in [-0.39, 0.29) is 12.5 Å². The Labute approximate surface area is 120 Å². The van der Waals surface area contributed by atoms with Gasteiger partial charge < -0.3 is 10.1 Å². The number of nitrogens with one attached hydrogen (secondary N) is 1. The number of halogens is 2. The first-order valence-electron chi connectivity index (χ1n) is 5.59. The number of hydrogen-bond donors (Lipinski definition) is 1. The molecule has 1 N–H and O–H groups in total. The van der Waals surface area contributed by atoms with Gasteiger partial charge in [-0.1, -0.05) is 23.8 Å². The van der Waals surface area contributed by atoms with E-state index in [0.717, 1.165) is 10.9 Å². The fraction of sp³-hybridized carbons (Fsp3) is 0.308. The van der Waals surface area contributed by atoms with Crippen LogP contribution in [-0.4, -0.2) is 19.1 Å². The number of benzene rings is 1. The van der Waals surface area contributed by atoms with Crippen molar-refractivity contribution in [3.05, 3.63) is 39.8 Å². The van der Waals surface area contributed by atoms with Gasteiger partial charge in [-0.25, -0.2) is 0 Å². The first-order chi connectivity index (χ1) is 8.63. The van der Waals surface area contributed by atoms with E-state index in [9.17, 15) is 4.79 Å². The average molecular weight is 333 g/mol. The van der Waals surface area contributed by atoms with Crippen molar-refractivity contribution in [3.8, 4) is 5.75 Å². The third-order valence-corrected chi connectivity index (χ3v) is 2.98. The van der Waals surface area contributed by atoms with Crippen molar-refractivity contribution in [3.63, 3.8) is 0 Å². The number of hydrogen-bond acceptors (Lipinski definition) is 2. The van der Waals surface area contributed by atoms with Gasteiger partial charge >= 0.3 is 0 Å². The molecule has 1 aromatic carbocycles. The Bertz CT molecular complexity index is 435. The number of carbonyl (C=O) groups excluding carboxylic acids is 1. The van der Waals surface area contributed by atoms with Crippen molar-refractivity contribution in [2.45, 2.75) is 13.3 Å². The highest BCUT2D eigenvalue weighted by Crippen LogP contribution is 2.27. The van der Waals surface area contributed by atoms with Crippen LogP contribution in [-0.2, 0) is 4.79 Å². The number of carbonyl (C=O) groups is 1. The van der Waals surface area contributed by atoms with Crippen molar-refractivity contribution in [2.75, 3.05) is 13.2 Å². The molecule has 0 aliphatic rings. The first-order valence-corrected chi connectivity index (χ1v) is 6.76. The molecular formula is C13H15BrClNO2. The molecular weight excluding hydrogens is 318 g/mol. The molecule has 0 aromatic heterocycles. The topological polar surface area (TPSA) is 38.3 Å². The maximum Gasteiger partial charge on any atom is 0.257 e. The van der Waals surface area contributed by atoms with Crippen molar-refractivity contribution in [2.24, 2.45) is 0 Å². The summed E-state index contributed by atoms with van der Waals surface area (Å²) >= 11 is 9.13. The zero-order valence-corrected chi connectivity index (χ0v) is 12.4. The summed E-state index contributed by atoms with van der Waals surface area (Å²) in [6.45, 7) is 2.56. The van der Waals surface area contributed by atoms with Gasteiger partial charge in [0.15, 0.2) is 6.61 Å². The molecule has 1 amide bonds. The van der Waals surface area contributed by atoms with Crippen LogP contribution < -0.4 is 10.1 Å². The van der Waals surface area contributed by atoms with Gasteiger partial charge in [0, 0.05) is 11.6 Å². The van der Waals surface area contributed by atoms with Crippen molar-refractivity contribution in [1.29, 1.82) is 0 Å². The van der Waals surface area contributed by atoms with E-state index in [1.807, 2.05) is 19.1 Å². The summed E-state index contributed by atoms with van der Waals surface area (Å²) in [6.07, 6.45) is 4.78. The SMILES string of the molecule is C/C=C/CCNC(=O)COc1ccc(Cl)cc1Br. The van der Waals surface area contributed by atoms with Crippen LogP contribution in [0.15, 0.2) is 34.8 Å². The minimum Gasteiger partial charge on any atom is -0.483 e. The molecule has 0 saturated carbocycles. The predicted molar refractivity (Wildman–Crippen MR) is 77.1 cm³/mol. The Morgan fingerprint density at radius 2 is 2.33 bits per heavy atom. The second-order valence-electron chi connectivity index (χ2n) is 3.57. The zero-order chi connectivity index (χ0) is 13.4. The third kappa shape index (κ3) is 5.56. The van der Waals surface area contributed by atoms with Crippen LogP contribution in [0.5, 0.6) is 5.75 Å². The Morgan fingerprint density at radius 1 is 1.56 bits per heavy atom. The number of allylic oxidation sites excluding steroid dienone is 1. The summed E-state index contributed by atoms with van der Waals surface area (Å²) in [6, 6.07) is 5.16. The second-order valence-corrected chi connectivity index (χ2v) is 4.86. The normalized spacial score (nSPS) is 10.6. The Morgan fingerprint density at radius 3 is 3.00 bits per heavy atom. The van der Waals surface area contributed by atoms with Gasteiger partial charge in [0.05, 0.1) is 4.47 Å². The van der Waals surface area contributed by atoms with Crippen LogP contribution in [0.2, 0.25) is 5.02 Å². The van der Waals surface area contributed by atoms with Gasteiger partial charge in [0.1, 0.15) is 5.75 Å². The summed E-state index contributed by atoms with van der Waals surface area (Å²) in [4.78, 5) is 11.5. The molecule has 1 aromatic rings. The molecule has 1 rings (SSSR count). The Balaban J connectivity index is 2.33. The molecule has 0 fully saturated rings. The van der Waals surface area contributed by atoms with Crippen LogP contribution in [0.25, 0.3) is 0 Å². The van der Waals surface area contributed by atoms with Gasteiger partial charge in [-0.3, -0.25) is 4.79 Å². The fourth-order valence-electron chi connectivity index (χ4n) is 1.25. The fourth-order valence-corrected chi connectivity index (χ4v) is 2.05. The van der Waals surface area contributed by atoms with Crippen LogP contribution in [0.1, 0.15) is 13.3 Å². The average Bonchev–Trinajstić information content (AvgIpc) is 2.33. The molecule has 0 aliphatic heterocycles. The minimum absolute atomic E-state index is 0.00390. The van der Waals surface area contributed by atoms with E-state index in [4.69, 9.17) is 16.3 Å². The predicted octanol–water partition coefficient (Wildman–Crippen LogP) is 3.56. The molecule has 0 unspecified atom stereocenters. The molecule has 0 aliphatic carbocycles. The van der Waals surface area contributed by atoms with Crippen LogP contribution in [0.4, 0.5) is 0 Å². The summed E-state index contributed by atoms with van der Waals surface area (Å²) in [5.74, 6) is 0.462. The quantitative estimate of drug-likeness (QED) is 0.639. The monoisotopic (exact) mass is 331 g/mol. The van der Waals surface area contributed by atoms with E-state index in [1.54, 1.807) is 18.2 Å². The van der Waals surface area contributed by atoms with Crippen LogP contribution in [0, 0.1) is 0 Å². The number of ether oxygens (including phenoxy) is 1. The van der Waals surface area contributed by atoms with E-state index >= 15 is 0 Å². The third-order valence-electron chi connectivity index (χ3n) is 2.12. The molecule has 18 heavy (non-hydrogen) atoms. The smallest absolute Gasteiger partial charge is 0.257 e. The summed E-state index contributed by atoms with van der Waals surface area (Å²) in [5, 5.41) is 3.38. The molecule has 98 valence electrons. The molecule has 0 heterocycles. The van der Waals surface area contributed by atoms with Crippen molar-refractivity contribution < 1.29 is 9.53 Å². The Hall–Kier alpha value is -1.000. The highest BCUT2D eigenvalue weighted by Gasteiger charge is 2.05. The molecule has 0 radical (unpaired) electrons. The molecule has 0 atom stereocenters. The van der Waals surface area contributed by atoms with Gasteiger partial charge in [-0.15, -0.1) is 0 Å². The van der Waals surface area contributed by atoms with E-state index < -0.39 is 0 Å². The first kappa shape index (κ1) is 15.1. The molecule has 5 heteroatoms. The van der Waals surface area contributed by atoms with Gasteiger partial charge in [0.2, 0.25) is 0 Å². The lowest BCUT2D eigenvalue weighted by Gasteiger charge is -2.08. The van der Waals surface area contributed by atoms with Gasteiger partial charge in [0.25, 0.3) is 5.91 Å². The molecule has 0 bridgehead atoms. The maximum atomic E-state index is 11.5. The second kappa shape index (κ2) is 8.16. The lowest BCUT2D eigenvalue weighted by Crippen LogP contribution is -2.29. The minimum atomic E-state index is -0.138. The Kier molecular flexibility index (Phi) is 6.83. The molecule has 3 nitrogen and oxygen atoms in total. The molecule has 0 spiro atoms. The van der Waals surface area contributed by atoms with Crippen molar-refractivity contribution in [1.82, 2.24) is 5.32 Å². The number of amides is 1. The summed E-state index contributed by atoms with van der Waals surface area (Å²) in [5.41, 5.74) is 0. The van der Waals surface area contributed by atoms with E-state index in [2.05, 4.69) is 21.2 Å². The molecule has 0 saturated heterocycles. The summed E-state index contributed by atoms with van der Waals surface area (Å²) in [7, 11) is 0. The largest absolute Gasteiger partial charge is 0.483 e. The van der Waals surface area contributed by atoms with E-state index in [0.29, 0.717) is 17.3 Å². The highest BCUT2D eigenvalue weighted by atomic mass is 79.9. The zero-order valence-electron chi connectivity index (χ0n) is 10.1. The highest BCUT2D eigenvalue weighted by molar-refractivity contribution is 9.10. The van der Waals surface area contributed by atoms with Crippen molar-refractivity contribution >= 4 is 33.4 Å². The summed E-state index contributed by atoms with van der Waals surface area (Å²) < 4.78 is 6.11. The van der Waals surface area contributed by atoms with Gasteiger partial charge in [-0.05, 0) is 47.5 Å². The van der Waals surface area contributed by atoms with Crippen LogP contribution in [0.3, 0.4) is 0 Å². The standard InChI is InChI=1S/C13H15BrClNO2/c1-2-3-4-7-16-13(17)9-18-12-6-5-10(15)8-11(12)14/h2-3,5-6,8H,4,7,9H2,1H3,(H,16,17)/b3-2+. The van der Waals surface area contributed by atoms with E-state index in [1.165, 1.54) is 0 Å². The maximum absolute atomic E-state index is 11.5. The lowest BCUT2D eigenvalue weighted by molar-refractivity contribution is -0.123. The number of rotatable bonds is 6. The lowest BCUT2D eigenvalue weighted by atomic mass is 10.3.